The molecular weight excluding hydrogens is 286 g/mol. The number of hydrogen-bond acceptors (Lipinski definition) is 5. The molecular formula is C18H21N5. The first kappa shape index (κ1) is 14.3. The van der Waals surface area contributed by atoms with Gasteiger partial charge in [-0.05, 0) is 51.1 Å². The first-order valence-electron chi connectivity index (χ1n) is 8.16. The summed E-state index contributed by atoms with van der Waals surface area (Å²) < 4.78 is 0. The number of nitrogens with one attached hydrogen (secondary N) is 1. The van der Waals surface area contributed by atoms with Gasteiger partial charge in [0.15, 0.2) is 5.66 Å². The molecule has 1 aromatic carbocycles. The van der Waals surface area contributed by atoms with E-state index in [2.05, 4.69) is 23.3 Å². The van der Waals surface area contributed by atoms with Gasteiger partial charge >= 0.3 is 0 Å². The molecule has 0 radical (unpaired) electrons. The summed E-state index contributed by atoms with van der Waals surface area (Å²) in [6.45, 7) is 4.24. The molecule has 0 aliphatic carbocycles. The van der Waals surface area contributed by atoms with Crippen LogP contribution in [0.3, 0.4) is 0 Å². The Morgan fingerprint density at radius 1 is 1.13 bits per heavy atom. The molecule has 5 heteroatoms. The third kappa shape index (κ3) is 2.61. The Bertz CT molecular complexity index is 735. The van der Waals surface area contributed by atoms with Crippen LogP contribution in [0.25, 0.3) is 5.70 Å². The fourth-order valence-electron chi connectivity index (χ4n) is 3.44. The number of fused-ring (bicyclic) bond motifs is 1. The molecule has 0 aromatic heterocycles. The average molecular weight is 307 g/mol. The molecule has 0 bridgehead atoms. The summed E-state index contributed by atoms with van der Waals surface area (Å²) in [4.78, 5) is 14.4. The van der Waals surface area contributed by atoms with Crippen molar-refractivity contribution in [2.24, 2.45) is 20.9 Å². The minimum atomic E-state index is -0.358. The Balaban J connectivity index is 1.64. The van der Waals surface area contributed by atoms with Gasteiger partial charge in [-0.25, -0.2) is 4.99 Å². The number of rotatable bonds is 2. The fourth-order valence-corrected chi connectivity index (χ4v) is 3.44. The van der Waals surface area contributed by atoms with Crippen molar-refractivity contribution in [1.29, 1.82) is 0 Å². The van der Waals surface area contributed by atoms with Crippen LogP contribution in [0.15, 0.2) is 45.3 Å². The summed E-state index contributed by atoms with van der Waals surface area (Å²) in [5.41, 5.74) is 9.96. The Morgan fingerprint density at radius 2 is 1.87 bits per heavy atom. The van der Waals surface area contributed by atoms with Crippen molar-refractivity contribution in [3.63, 3.8) is 0 Å². The molecule has 0 saturated carbocycles. The second kappa shape index (κ2) is 5.42. The molecule has 3 aliphatic heterocycles. The van der Waals surface area contributed by atoms with Crippen LogP contribution in [0, 0.1) is 5.92 Å². The lowest BCUT2D eigenvalue weighted by Crippen LogP contribution is -2.42. The van der Waals surface area contributed by atoms with Crippen LogP contribution >= 0.6 is 0 Å². The zero-order valence-electron chi connectivity index (χ0n) is 13.3. The molecule has 3 heterocycles. The smallest absolute Gasteiger partial charge is 0.151 e. The van der Waals surface area contributed by atoms with E-state index < -0.39 is 0 Å². The van der Waals surface area contributed by atoms with E-state index in [9.17, 15) is 0 Å². The van der Waals surface area contributed by atoms with Crippen molar-refractivity contribution < 1.29 is 0 Å². The first-order chi connectivity index (χ1) is 11.1. The third-order valence-electron chi connectivity index (χ3n) is 4.89. The number of nitrogens with zero attached hydrogens (tertiary/aromatic N) is 3. The van der Waals surface area contributed by atoms with E-state index in [1.54, 1.807) is 0 Å². The van der Waals surface area contributed by atoms with Crippen molar-refractivity contribution >= 4 is 29.0 Å². The fraction of sp³-hybridized carbons (Fsp3) is 0.389. The second-order valence-electron chi connectivity index (χ2n) is 6.52. The van der Waals surface area contributed by atoms with Crippen LogP contribution in [-0.2, 0) is 0 Å². The highest BCUT2D eigenvalue weighted by Gasteiger charge is 2.37. The molecule has 0 amide bonds. The van der Waals surface area contributed by atoms with Crippen molar-refractivity contribution in [2.75, 3.05) is 18.8 Å². The van der Waals surface area contributed by atoms with Crippen LogP contribution in [0.4, 0.5) is 5.69 Å². The molecule has 1 saturated heterocycles. The number of anilines is 1. The van der Waals surface area contributed by atoms with Gasteiger partial charge < -0.3 is 11.1 Å². The molecule has 3 aliphatic rings. The van der Waals surface area contributed by atoms with E-state index in [0.717, 1.165) is 54.3 Å². The average Bonchev–Trinajstić information content (AvgIpc) is 2.99. The molecule has 1 unspecified atom stereocenters. The molecule has 1 atom stereocenters. The Labute approximate surface area is 136 Å². The van der Waals surface area contributed by atoms with E-state index in [1.165, 1.54) is 0 Å². The van der Waals surface area contributed by atoms with Crippen molar-refractivity contribution in [3.8, 4) is 0 Å². The number of nitrogen functional groups attached to an aromatic ring is 1. The monoisotopic (exact) mass is 307 g/mol. The first-order valence-corrected chi connectivity index (χ1v) is 8.16. The summed E-state index contributed by atoms with van der Waals surface area (Å²) in [7, 11) is 0. The summed E-state index contributed by atoms with van der Waals surface area (Å²) in [5.74, 6) is 0.489. The van der Waals surface area contributed by atoms with Gasteiger partial charge in [-0.3, -0.25) is 9.98 Å². The van der Waals surface area contributed by atoms with Gasteiger partial charge in [0.2, 0.25) is 0 Å². The quantitative estimate of drug-likeness (QED) is 0.823. The number of piperidine rings is 1. The van der Waals surface area contributed by atoms with Gasteiger partial charge in [0, 0.05) is 17.2 Å². The molecule has 1 aromatic rings. The molecule has 3 N–H and O–H groups in total. The van der Waals surface area contributed by atoms with Crippen LogP contribution < -0.4 is 11.1 Å². The summed E-state index contributed by atoms with van der Waals surface area (Å²) in [6.07, 6.45) is 6.19. The maximum Gasteiger partial charge on any atom is 0.151 e. The van der Waals surface area contributed by atoms with Gasteiger partial charge in [-0.2, -0.15) is 0 Å². The number of aliphatic imine (C=N–C) groups is 3. The molecule has 1 fully saturated rings. The highest BCUT2D eigenvalue weighted by atomic mass is 15.1. The number of allylic oxidation sites excluding steroid dienone is 1. The van der Waals surface area contributed by atoms with Crippen LogP contribution in [0.5, 0.6) is 0 Å². The second-order valence-corrected chi connectivity index (χ2v) is 6.52. The Hall–Kier alpha value is -2.27. The molecule has 23 heavy (non-hydrogen) atoms. The highest BCUT2D eigenvalue weighted by molar-refractivity contribution is 6.68. The number of nitrogens with two attached hydrogens (primary N) is 1. The highest BCUT2D eigenvalue weighted by Crippen LogP contribution is 2.34. The van der Waals surface area contributed by atoms with Crippen molar-refractivity contribution in [1.82, 2.24) is 5.32 Å². The van der Waals surface area contributed by atoms with Gasteiger partial charge in [0.1, 0.15) is 5.71 Å². The maximum absolute atomic E-state index is 5.76. The van der Waals surface area contributed by atoms with Gasteiger partial charge in [-0.1, -0.05) is 12.1 Å². The Morgan fingerprint density at radius 3 is 2.61 bits per heavy atom. The minimum Gasteiger partial charge on any atom is -0.399 e. The van der Waals surface area contributed by atoms with Gasteiger partial charge in [-0.15, -0.1) is 0 Å². The zero-order valence-corrected chi connectivity index (χ0v) is 13.3. The molecule has 0 spiro atoms. The van der Waals surface area contributed by atoms with E-state index in [4.69, 9.17) is 15.7 Å². The van der Waals surface area contributed by atoms with Crippen molar-refractivity contribution in [2.45, 2.75) is 25.4 Å². The topological polar surface area (TPSA) is 75.1 Å². The predicted octanol–water partition coefficient (Wildman–Crippen LogP) is 2.31. The lowest BCUT2D eigenvalue weighted by atomic mass is 9.85. The standard InChI is InChI=1S/C18H21N5/c1-18(13-6-8-20-9-7-13)21-11-17-16(23-18)10-15(22-17)12-2-4-14(19)5-3-12/h2-5,10-11,13,20H,6-9,19H2,1H3. The molecule has 4 rings (SSSR count). The lowest BCUT2D eigenvalue weighted by molar-refractivity contribution is 0.244. The van der Waals surface area contributed by atoms with Gasteiger partial charge in [0.05, 0.1) is 17.6 Å². The number of benzene rings is 1. The molecule has 5 nitrogen and oxygen atoms in total. The van der Waals surface area contributed by atoms with E-state index in [1.807, 2.05) is 30.5 Å². The van der Waals surface area contributed by atoms with Gasteiger partial charge in [0.25, 0.3) is 0 Å². The largest absolute Gasteiger partial charge is 0.399 e. The third-order valence-corrected chi connectivity index (χ3v) is 4.89. The SMILES string of the molecule is CC1(C2CCNCC2)N=CC2=NC(c3ccc(N)cc3)=CC2=N1. The zero-order chi connectivity index (χ0) is 15.9. The lowest BCUT2D eigenvalue weighted by Gasteiger charge is -2.35. The Kier molecular flexibility index (Phi) is 3.38. The van der Waals surface area contributed by atoms with Crippen LogP contribution in [0.1, 0.15) is 25.3 Å². The molecule has 118 valence electrons. The maximum atomic E-state index is 5.76. The van der Waals surface area contributed by atoms with Crippen LogP contribution in [-0.4, -0.2) is 36.4 Å². The minimum absolute atomic E-state index is 0.358. The number of hydrogen-bond donors (Lipinski definition) is 2. The van der Waals surface area contributed by atoms with E-state index >= 15 is 0 Å². The van der Waals surface area contributed by atoms with E-state index in [0.29, 0.717) is 5.92 Å². The van der Waals surface area contributed by atoms with Crippen molar-refractivity contribution in [3.05, 3.63) is 35.9 Å². The summed E-state index contributed by atoms with van der Waals surface area (Å²) in [5, 5.41) is 3.40. The summed E-state index contributed by atoms with van der Waals surface area (Å²) >= 11 is 0. The predicted molar refractivity (Wildman–Crippen MR) is 96.2 cm³/mol. The normalized spacial score (nSPS) is 27.3. The summed E-state index contributed by atoms with van der Waals surface area (Å²) in [6, 6.07) is 7.78. The van der Waals surface area contributed by atoms with E-state index in [-0.39, 0.29) is 5.66 Å². The van der Waals surface area contributed by atoms with Crippen LogP contribution in [0.2, 0.25) is 0 Å².